The molecule has 94 valence electrons. The summed E-state index contributed by atoms with van der Waals surface area (Å²) in [6, 6.07) is 7.35. The summed E-state index contributed by atoms with van der Waals surface area (Å²) in [6.45, 7) is 4.11. The highest BCUT2D eigenvalue weighted by molar-refractivity contribution is 9.10. The molecule has 0 radical (unpaired) electrons. The van der Waals surface area contributed by atoms with E-state index in [4.69, 9.17) is 0 Å². The predicted octanol–water partition coefficient (Wildman–Crippen LogP) is 3.55. The van der Waals surface area contributed by atoms with E-state index < -0.39 is 0 Å². The van der Waals surface area contributed by atoms with Crippen molar-refractivity contribution >= 4 is 21.6 Å². The first-order valence-electron chi connectivity index (χ1n) is 6.44. The van der Waals surface area contributed by atoms with Gasteiger partial charge in [0.1, 0.15) is 0 Å². The topological polar surface area (TPSA) is 15.3 Å². The third-order valence-electron chi connectivity index (χ3n) is 3.61. The Hall–Kier alpha value is -0.540. The number of hydrogen-bond acceptors (Lipinski definition) is 2. The Morgan fingerprint density at radius 3 is 2.76 bits per heavy atom. The maximum absolute atomic E-state index is 3.56. The van der Waals surface area contributed by atoms with Crippen LogP contribution in [0.2, 0.25) is 0 Å². The molecule has 0 aliphatic heterocycles. The summed E-state index contributed by atoms with van der Waals surface area (Å²) < 4.78 is 1.16. The smallest absolute Gasteiger partial charge is 0.0412 e. The van der Waals surface area contributed by atoms with Crippen molar-refractivity contribution in [3.8, 4) is 0 Å². The molecule has 3 heteroatoms. The fraction of sp³-hybridized carbons (Fsp3) is 0.571. The standard InChI is InChI=1S/C14H21BrN2/c1-3-16-10-11-9-12(15)7-8-14(11)17(2)13-5-4-6-13/h7-9,13,16H,3-6,10H2,1-2H3. The van der Waals surface area contributed by atoms with E-state index in [0.29, 0.717) is 0 Å². The molecule has 1 saturated carbocycles. The lowest BCUT2D eigenvalue weighted by molar-refractivity contribution is 0.400. The molecule has 0 atom stereocenters. The summed E-state index contributed by atoms with van der Waals surface area (Å²) in [5.41, 5.74) is 2.76. The van der Waals surface area contributed by atoms with Gasteiger partial charge in [-0.3, -0.25) is 0 Å². The van der Waals surface area contributed by atoms with Gasteiger partial charge >= 0.3 is 0 Å². The van der Waals surface area contributed by atoms with Crippen LogP contribution >= 0.6 is 15.9 Å². The van der Waals surface area contributed by atoms with Gasteiger partial charge < -0.3 is 10.2 Å². The Morgan fingerprint density at radius 1 is 1.41 bits per heavy atom. The van der Waals surface area contributed by atoms with Crippen LogP contribution in [0.25, 0.3) is 0 Å². The van der Waals surface area contributed by atoms with Gasteiger partial charge in [-0.1, -0.05) is 22.9 Å². The zero-order valence-electron chi connectivity index (χ0n) is 10.7. The molecule has 1 aliphatic rings. The summed E-state index contributed by atoms with van der Waals surface area (Å²) in [5.74, 6) is 0. The molecule has 2 nitrogen and oxygen atoms in total. The van der Waals surface area contributed by atoms with E-state index in [9.17, 15) is 0 Å². The van der Waals surface area contributed by atoms with Crippen molar-refractivity contribution < 1.29 is 0 Å². The number of halogens is 1. The van der Waals surface area contributed by atoms with Crippen molar-refractivity contribution in [1.29, 1.82) is 0 Å². The number of anilines is 1. The third-order valence-corrected chi connectivity index (χ3v) is 4.10. The number of nitrogens with one attached hydrogen (secondary N) is 1. The van der Waals surface area contributed by atoms with E-state index in [-0.39, 0.29) is 0 Å². The van der Waals surface area contributed by atoms with Crippen LogP contribution in [0.1, 0.15) is 31.7 Å². The Morgan fingerprint density at radius 2 is 2.18 bits per heavy atom. The van der Waals surface area contributed by atoms with Crippen molar-refractivity contribution in [2.75, 3.05) is 18.5 Å². The van der Waals surface area contributed by atoms with E-state index in [1.807, 2.05) is 0 Å². The summed E-state index contributed by atoms with van der Waals surface area (Å²) in [7, 11) is 2.22. The van der Waals surface area contributed by atoms with Gasteiger partial charge in [-0.2, -0.15) is 0 Å². The van der Waals surface area contributed by atoms with Gasteiger partial charge in [0.25, 0.3) is 0 Å². The number of hydrogen-bond donors (Lipinski definition) is 1. The second kappa shape index (κ2) is 5.87. The molecule has 0 aromatic heterocycles. The van der Waals surface area contributed by atoms with Crippen molar-refractivity contribution in [1.82, 2.24) is 5.32 Å². The molecule has 0 saturated heterocycles. The summed E-state index contributed by atoms with van der Waals surface area (Å²) in [5, 5.41) is 3.41. The van der Waals surface area contributed by atoms with Crippen LogP contribution < -0.4 is 10.2 Å². The first-order valence-corrected chi connectivity index (χ1v) is 7.23. The van der Waals surface area contributed by atoms with Crippen LogP contribution in [0.4, 0.5) is 5.69 Å². The van der Waals surface area contributed by atoms with E-state index in [1.165, 1.54) is 30.5 Å². The minimum atomic E-state index is 0.747. The Kier molecular flexibility index (Phi) is 4.46. The maximum Gasteiger partial charge on any atom is 0.0412 e. The average Bonchev–Trinajstić information content (AvgIpc) is 2.23. The molecule has 1 aliphatic carbocycles. The number of benzene rings is 1. The van der Waals surface area contributed by atoms with Gasteiger partial charge in [0.05, 0.1) is 0 Å². The molecule has 0 heterocycles. The molecule has 0 amide bonds. The van der Waals surface area contributed by atoms with Gasteiger partial charge in [-0.25, -0.2) is 0 Å². The zero-order valence-corrected chi connectivity index (χ0v) is 12.3. The molecule has 17 heavy (non-hydrogen) atoms. The van der Waals surface area contributed by atoms with Gasteiger partial charge in [-0.15, -0.1) is 0 Å². The fourth-order valence-electron chi connectivity index (χ4n) is 2.27. The highest BCUT2D eigenvalue weighted by Crippen LogP contribution is 2.31. The second-order valence-electron chi connectivity index (χ2n) is 4.75. The number of rotatable bonds is 5. The highest BCUT2D eigenvalue weighted by atomic mass is 79.9. The Labute approximate surface area is 113 Å². The molecular weight excluding hydrogens is 276 g/mol. The van der Waals surface area contributed by atoms with Crippen molar-refractivity contribution in [2.45, 2.75) is 38.8 Å². The molecular formula is C14H21BrN2. The lowest BCUT2D eigenvalue weighted by Crippen LogP contribution is -2.37. The van der Waals surface area contributed by atoms with Gasteiger partial charge in [0.2, 0.25) is 0 Å². The van der Waals surface area contributed by atoms with Crippen LogP contribution in [-0.2, 0) is 6.54 Å². The quantitative estimate of drug-likeness (QED) is 0.894. The monoisotopic (exact) mass is 296 g/mol. The van der Waals surface area contributed by atoms with Gasteiger partial charge in [0, 0.05) is 29.8 Å². The van der Waals surface area contributed by atoms with Crippen LogP contribution in [0, 0.1) is 0 Å². The second-order valence-corrected chi connectivity index (χ2v) is 5.66. The van der Waals surface area contributed by atoms with Crippen LogP contribution in [0.3, 0.4) is 0 Å². The molecule has 1 N–H and O–H groups in total. The van der Waals surface area contributed by atoms with E-state index >= 15 is 0 Å². The molecule has 1 fully saturated rings. The van der Waals surface area contributed by atoms with Crippen LogP contribution in [0.15, 0.2) is 22.7 Å². The highest BCUT2D eigenvalue weighted by Gasteiger charge is 2.23. The van der Waals surface area contributed by atoms with E-state index in [2.05, 4.69) is 58.3 Å². The Balaban J connectivity index is 2.18. The molecule has 1 aromatic rings. The largest absolute Gasteiger partial charge is 0.371 e. The van der Waals surface area contributed by atoms with Gasteiger partial charge in [0.15, 0.2) is 0 Å². The van der Waals surface area contributed by atoms with Crippen LogP contribution in [-0.4, -0.2) is 19.6 Å². The van der Waals surface area contributed by atoms with E-state index in [1.54, 1.807) is 0 Å². The van der Waals surface area contributed by atoms with Crippen LogP contribution in [0.5, 0.6) is 0 Å². The molecule has 0 bridgehead atoms. The van der Waals surface area contributed by atoms with E-state index in [0.717, 1.165) is 23.6 Å². The maximum atomic E-state index is 3.56. The first kappa shape index (κ1) is 12.9. The molecule has 2 rings (SSSR count). The summed E-state index contributed by atoms with van der Waals surface area (Å²) >= 11 is 3.56. The average molecular weight is 297 g/mol. The SMILES string of the molecule is CCNCc1cc(Br)ccc1N(C)C1CCC1. The summed E-state index contributed by atoms with van der Waals surface area (Å²) in [4.78, 5) is 2.45. The predicted molar refractivity (Wildman–Crippen MR) is 77.6 cm³/mol. The summed E-state index contributed by atoms with van der Waals surface area (Å²) in [6.07, 6.45) is 4.06. The minimum absolute atomic E-state index is 0.747. The molecule has 1 aromatic carbocycles. The first-order chi connectivity index (χ1) is 8.22. The van der Waals surface area contributed by atoms with Crippen molar-refractivity contribution in [2.24, 2.45) is 0 Å². The lowest BCUT2D eigenvalue weighted by Gasteiger charge is -2.37. The van der Waals surface area contributed by atoms with Crippen molar-refractivity contribution in [3.63, 3.8) is 0 Å². The number of nitrogens with zero attached hydrogens (tertiary/aromatic N) is 1. The zero-order chi connectivity index (χ0) is 12.3. The molecule has 0 unspecified atom stereocenters. The Bertz CT molecular complexity index is 374. The normalized spacial score (nSPS) is 15.7. The van der Waals surface area contributed by atoms with Crippen molar-refractivity contribution in [3.05, 3.63) is 28.2 Å². The molecule has 0 spiro atoms. The fourth-order valence-corrected chi connectivity index (χ4v) is 2.68. The minimum Gasteiger partial charge on any atom is -0.371 e. The van der Waals surface area contributed by atoms with Gasteiger partial charge in [-0.05, 0) is 49.6 Å². The lowest BCUT2D eigenvalue weighted by atomic mass is 9.91. The third kappa shape index (κ3) is 3.02.